The SMILES string of the molecule is CC(C)CNC(O)c1nn(Cc2ccsc2)c(=O)o1.Cc1ccc(S(=O)(=O)O)cc1. The molecule has 3 rings (SSSR count). The highest BCUT2D eigenvalue weighted by atomic mass is 32.2. The zero-order valence-electron chi connectivity index (χ0n) is 16.8. The van der Waals surface area contributed by atoms with Gasteiger partial charge in [0.25, 0.3) is 16.0 Å². The Hall–Kier alpha value is -2.31. The second-order valence-corrected chi connectivity index (χ2v) is 9.19. The fourth-order valence-corrected chi connectivity index (χ4v) is 3.37. The van der Waals surface area contributed by atoms with Crippen LogP contribution in [0.25, 0.3) is 0 Å². The Kier molecular flexibility index (Phi) is 8.50. The van der Waals surface area contributed by atoms with E-state index in [1.54, 1.807) is 23.5 Å². The number of aliphatic hydroxyl groups excluding tert-OH is 1. The highest BCUT2D eigenvalue weighted by Crippen LogP contribution is 2.09. The van der Waals surface area contributed by atoms with Crippen LogP contribution >= 0.6 is 11.3 Å². The summed E-state index contributed by atoms with van der Waals surface area (Å²) in [5, 5.41) is 20.5. The highest BCUT2D eigenvalue weighted by Gasteiger charge is 2.17. The van der Waals surface area contributed by atoms with Gasteiger partial charge in [0, 0.05) is 6.54 Å². The molecule has 0 aliphatic carbocycles. The van der Waals surface area contributed by atoms with Gasteiger partial charge in [-0.05, 0) is 47.4 Å². The molecule has 1 aromatic carbocycles. The highest BCUT2D eigenvalue weighted by molar-refractivity contribution is 7.85. The van der Waals surface area contributed by atoms with Gasteiger partial charge in [0.1, 0.15) is 0 Å². The molecule has 0 saturated heterocycles. The monoisotopic (exact) mass is 455 g/mol. The van der Waals surface area contributed by atoms with Crippen molar-refractivity contribution in [3.63, 3.8) is 0 Å². The first-order chi connectivity index (χ1) is 14.1. The van der Waals surface area contributed by atoms with E-state index in [4.69, 9.17) is 8.97 Å². The van der Waals surface area contributed by atoms with Gasteiger partial charge in [-0.3, -0.25) is 9.87 Å². The average molecular weight is 456 g/mol. The first-order valence-electron chi connectivity index (χ1n) is 9.10. The van der Waals surface area contributed by atoms with Gasteiger partial charge in [-0.1, -0.05) is 31.5 Å². The van der Waals surface area contributed by atoms with Gasteiger partial charge in [0.15, 0.2) is 6.23 Å². The number of benzene rings is 1. The Morgan fingerprint density at radius 2 is 1.90 bits per heavy atom. The summed E-state index contributed by atoms with van der Waals surface area (Å²) in [5.41, 5.74) is 1.94. The quantitative estimate of drug-likeness (QED) is 0.365. The molecule has 0 aliphatic heterocycles. The van der Waals surface area contributed by atoms with Crippen LogP contribution in [0.15, 0.2) is 55.2 Å². The summed E-state index contributed by atoms with van der Waals surface area (Å²) >= 11 is 1.55. The number of thiophene rings is 1. The van der Waals surface area contributed by atoms with Gasteiger partial charge in [-0.25, -0.2) is 4.79 Å². The molecule has 2 aromatic heterocycles. The Morgan fingerprint density at radius 3 is 2.43 bits per heavy atom. The summed E-state index contributed by atoms with van der Waals surface area (Å²) in [6.45, 7) is 6.84. The van der Waals surface area contributed by atoms with Crippen molar-refractivity contribution in [1.29, 1.82) is 0 Å². The minimum atomic E-state index is -4.02. The van der Waals surface area contributed by atoms with E-state index in [9.17, 15) is 18.3 Å². The Labute approximate surface area is 178 Å². The van der Waals surface area contributed by atoms with Crippen LogP contribution in [0.5, 0.6) is 0 Å². The van der Waals surface area contributed by atoms with Crippen LogP contribution in [0, 0.1) is 12.8 Å². The van der Waals surface area contributed by atoms with Gasteiger partial charge >= 0.3 is 5.76 Å². The molecule has 2 heterocycles. The Bertz CT molecular complexity index is 1070. The first kappa shape index (κ1) is 24.0. The number of nitrogens with one attached hydrogen (secondary N) is 1. The summed E-state index contributed by atoms with van der Waals surface area (Å²) in [4.78, 5) is 11.5. The maximum Gasteiger partial charge on any atom is 0.437 e. The number of hydrogen-bond acceptors (Lipinski definition) is 8. The fourth-order valence-electron chi connectivity index (χ4n) is 2.23. The normalized spacial score (nSPS) is 12.5. The lowest BCUT2D eigenvalue weighted by Crippen LogP contribution is -2.25. The lowest BCUT2D eigenvalue weighted by atomic mass is 10.2. The standard InChI is InChI=1S/C12H17N3O3S.C7H8O3S/c1-8(2)5-13-10(16)11-14-15(12(17)18-11)6-9-3-4-19-7-9;1-6-2-4-7(5-3-6)11(8,9)10/h3-4,7-8,10,13,16H,5-6H2,1-2H3;2-5H,1H3,(H,8,9,10). The maximum absolute atomic E-state index is 11.6. The summed E-state index contributed by atoms with van der Waals surface area (Å²) in [6, 6.07) is 7.90. The van der Waals surface area contributed by atoms with Gasteiger partial charge in [-0.2, -0.15) is 24.4 Å². The number of aryl methyl sites for hydroxylation is 1. The first-order valence-corrected chi connectivity index (χ1v) is 11.5. The molecule has 0 amide bonds. The number of nitrogens with zero attached hydrogens (tertiary/aromatic N) is 2. The Morgan fingerprint density at radius 1 is 1.23 bits per heavy atom. The van der Waals surface area contributed by atoms with Crippen LogP contribution in [0.4, 0.5) is 0 Å². The molecule has 0 saturated carbocycles. The molecule has 0 radical (unpaired) electrons. The summed E-state index contributed by atoms with van der Waals surface area (Å²) in [5.74, 6) is -0.179. The molecular formula is C19H25N3O6S2. The van der Waals surface area contributed by atoms with Gasteiger partial charge in [0.2, 0.25) is 0 Å². The van der Waals surface area contributed by atoms with E-state index in [0.29, 0.717) is 19.0 Å². The van der Waals surface area contributed by atoms with Crippen LogP contribution in [-0.4, -0.2) is 34.4 Å². The average Bonchev–Trinajstić information content (AvgIpc) is 3.30. The third-order valence-corrected chi connectivity index (χ3v) is 5.41. The molecule has 0 fully saturated rings. The van der Waals surface area contributed by atoms with E-state index in [0.717, 1.165) is 11.1 Å². The van der Waals surface area contributed by atoms with E-state index in [1.165, 1.54) is 16.8 Å². The molecule has 1 atom stereocenters. The predicted molar refractivity (Wildman–Crippen MR) is 113 cm³/mol. The van der Waals surface area contributed by atoms with Crippen molar-refractivity contribution in [3.05, 3.63) is 68.7 Å². The number of hydrogen-bond donors (Lipinski definition) is 3. The van der Waals surface area contributed by atoms with Crippen LogP contribution < -0.4 is 11.1 Å². The largest absolute Gasteiger partial charge is 0.437 e. The molecule has 30 heavy (non-hydrogen) atoms. The van der Waals surface area contributed by atoms with Crippen LogP contribution in [0.1, 0.15) is 37.1 Å². The van der Waals surface area contributed by atoms with E-state index in [-0.39, 0.29) is 10.8 Å². The topological polar surface area (TPSA) is 135 Å². The van der Waals surface area contributed by atoms with E-state index >= 15 is 0 Å². The molecule has 0 aliphatic rings. The number of rotatable bonds is 7. The smallest absolute Gasteiger partial charge is 0.388 e. The molecule has 0 bridgehead atoms. The zero-order valence-corrected chi connectivity index (χ0v) is 18.5. The van der Waals surface area contributed by atoms with Gasteiger partial charge in [-0.15, -0.1) is 5.10 Å². The lowest BCUT2D eigenvalue weighted by molar-refractivity contribution is 0.103. The summed E-state index contributed by atoms with van der Waals surface area (Å²) in [6.07, 6.45) is -1.06. The molecule has 0 spiro atoms. The molecule has 3 aromatic rings. The van der Waals surface area contributed by atoms with Gasteiger partial charge in [0.05, 0.1) is 11.4 Å². The third kappa shape index (κ3) is 7.50. The van der Waals surface area contributed by atoms with Crippen LogP contribution in [-0.2, 0) is 16.7 Å². The van der Waals surface area contributed by atoms with Gasteiger partial charge < -0.3 is 9.52 Å². The van der Waals surface area contributed by atoms with E-state index in [1.807, 2.05) is 37.6 Å². The molecule has 11 heteroatoms. The minimum Gasteiger partial charge on any atom is -0.388 e. The van der Waals surface area contributed by atoms with Crippen molar-refractivity contribution in [2.45, 2.75) is 38.4 Å². The van der Waals surface area contributed by atoms with Crippen LogP contribution in [0.2, 0.25) is 0 Å². The fraction of sp³-hybridized carbons (Fsp3) is 0.368. The molecule has 164 valence electrons. The van der Waals surface area contributed by atoms with E-state index < -0.39 is 22.1 Å². The third-order valence-electron chi connectivity index (χ3n) is 3.81. The second kappa shape index (κ2) is 10.6. The zero-order chi connectivity index (χ0) is 22.3. The van der Waals surface area contributed by atoms with Crippen molar-refractivity contribution in [2.24, 2.45) is 5.92 Å². The van der Waals surface area contributed by atoms with Crippen molar-refractivity contribution in [3.8, 4) is 0 Å². The molecule has 1 unspecified atom stereocenters. The molecule has 9 nitrogen and oxygen atoms in total. The molecular weight excluding hydrogens is 430 g/mol. The van der Waals surface area contributed by atoms with Crippen LogP contribution in [0.3, 0.4) is 0 Å². The van der Waals surface area contributed by atoms with Crippen molar-refractivity contribution in [1.82, 2.24) is 15.1 Å². The lowest BCUT2D eigenvalue weighted by Gasteiger charge is -2.10. The van der Waals surface area contributed by atoms with Crippen molar-refractivity contribution in [2.75, 3.05) is 6.54 Å². The number of aliphatic hydroxyl groups is 1. The summed E-state index contributed by atoms with van der Waals surface area (Å²) < 4.78 is 35.7. The number of aromatic nitrogens is 2. The minimum absolute atomic E-state index is 0.000814. The Balaban J connectivity index is 0.000000248. The van der Waals surface area contributed by atoms with Crippen molar-refractivity contribution >= 4 is 21.5 Å². The second-order valence-electron chi connectivity index (χ2n) is 6.99. The molecule has 3 N–H and O–H groups in total. The predicted octanol–water partition coefficient (Wildman–Crippen LogP) is 2.42. The maximum atomic E-state index is 11.6. The van der Waals surface area contributed by atoms with Crippen molar-refractivity contribution < 1.29 is 22.5 Å². The summed E-state index contributed by atoms with van der Waals surface area (Å²) in [7, 11) is -4.02. The van der Waals surface area contributed by atoms with E-state index in [2.05, 4.69) is 10.4 Å².